The molecule has 0 saturated carbocycles. The molecular weight excluding hydrogens is 416 g/mol. The van der Waals surface area contributed by atoms with Crippen molar-refractivity contribution in [3.63, 3.8) is 0 Å². The Morgan fingerprint density at radius 2 is 1.85 bits per heavy atom. The lowest BCUT2D eigenvalue weighted by atomic mass is 10.1. The number of hydrogen-bond acceptors (Lipinski definition) is 7. The van der Waals surface area contributed by atoms with Gasteiger partial charge in [-0.05, 0) is 42.3 Å². The number of aromatic nitrogens is 2. The van der Waals surface area contributed by atoms with Gasteiger partial charge in [0.15, 0.2) is 0 Å². The van der Waals surface area contributed by atoms with Crippen LogP contribution in [0.15, 0.2) is 48.8 Å². The molecule has 0 aliphatic carbocycles. The molecule has 33 heavy (non-hydrogen) atoms. The summed E-state index contributed by atoms with van der Waals surface area (Å²) in [6, 6.07) is 14.0. The van der Waals surface area contributed by atoms with Crippen molar-refractivity contribution in [3.05, 3.63) is 54.4 Å². The van der Waals surface area contributed by atoms with E-state index in [1.165, 1.54) is 5.56 Å². The van der Waals surface area contributed by atoms with E-state index in [9.17, 15) is 4.79 Å². The second-order valence-corrected chi connectivity index (χ2v) is 8.29. The van der Waals surface area contributed by atoms with Gasteiger partial charge in [0.1, 0.15) is 12.1 Å². The summed E-state index contributed by atoms with van der Waals surface area (Å²) < 4.78 is 5.15. The molecule has 174 valence electrons. The van der Waals surface area contributed by atoms with Crippen LogP contribution in [0.1, 0.15) is 12.5 Å². The van der Waals surface area contributed by atoms with Crippen LogP contribution in [0, 0.1) is 0 Å². The molecule has 1 saturated heterocycles. The van der Waals surface area contributed by atoms with Gasteiger partial charge in [0.05, 0.1) is 18.7 Å². The van der Waals surface area contributed by atoms with E-state index in [2.05, 4.69) is 49.5 Å². The Morgan fingerprint density at radius 3 is 2.64 bits per heavy atom. The minimum atomic E-state index is -0.0123. The quantitative estimate of drug-likeness (QED) is 0.520. The van der Waals surface area contributed by atoms with Crippen LogP contribution >= 0.6 is 0 Å². The number of rotatable bonds is 9. The maximum absolute atomic E-state index is 12.7. The van der Waals surface area contributed by atoms with Gasteiger partial charge in [0.25, 0.3) is 0 Å². The number of ether oxygens (including phenoxy) is 1. The Kier molecular flexibility index (Phi) is 7.83. The number of carbonyl (C=O) groups is 1. The fourth-order valence-corrected chi connectivity index (χ4v) is 4.03. The zero-order valence-electron chi connectivity index (χ0n) is 19.4. The Balaban J connectivity index is 1.40. The van der Waals surface area contributed by atoms with Gasteiger partial charge in [-0.15, -0.1) is 0 Å². The molecule has 0 bridgehead atoms. The minimum Gasteiger partial charge on any atom is -0.383 e. The molecule has 0 unspecified atom stereocenters. The Hall–Kier alpha value is -3.07. The van der Waals surface area contributed by atoms with E-state index in [4.69, 9.17) is 4.74 Å². The van der Waals surface area contributed by atoms with Gasteiger partial charge in [-0.25, -0.2) is 9.97 Å². The van der Waals surface area contributed by atoms with Crippen LogP contribution in [0.5, 0.6) is 0 Å². The molecule has 0 spiro atoms. The first-order valence-corrected chi connectivity index (χ1v) is 11.5. The number of fused-ring (bicyclic) bond motifs is 1. The van der Waals surface area contributed by atoms with Gasteiger partial charge in [-0.2, -0.15) is 0 Å². The number of carbonyl (C=O) groups excluding carboxylic acids is 1. The Bertz CT molecular complexity index is 1080. The van der Waals surface area contributed by atoms with Gasteiger partial charge in [0, 0.05) is 56.6 Å². The molecule has 2 N–H and O–H groups in total. The number of aryl methyl sites for hydroxylation is 1. The summed E-state index contributed by atoms with van der Waals surface area (Å²) in [6.45, 7) is 7.88. The third kappa shape index (κ3) is 6.25. The average molecular weight is 449 g/mol. The zero-order chi connectivity index (χ0) is 23.0. The number of piperazine rings is 1. The number of methoxy groups -OCH3 is 1. The van der Waals surface area contributed by atoms with Crippen LogP contribution in [0.25, 0.3) is 10.9 Å². The molecule has 8 heteroatoms. The van der Waals surface area contributed by atoms with Crippen LogP contribution < -0.4 is 10.6 Å². The number of amides is 1. The summed E-state index contributed by atoms with van der Waals surface area (Å²) in [5.41, 5.74) is 3.80. The molecule has 1 aliphatic heterocycles. The third-order valence-corrected chi connectivity index (χ3v) is 5.96. The molecule has 1 aromatic heterocycles. The molecule has 1 aliphatic rings. The molecule has 0 atom stereocenters. The molecular formula is C25H32N6O2. The lowest BCUT2D eigenvalue weighted by Crippen LogP contribution is -2.49. The lowest BCUT2D eigenvalue weighted by molar-refractivity contribution is -0.117. The van der Waals surface area contributed by atoms with Crippen LogP contribution in [-0.4, -0.2) is 78.7 Å². The minimum absolute atomic E-state index is 0.0123. The van der Waals surface area contributed by atoms with Crippen LogP contribution in [-0.2, 0) is 16.0 Å². The second kappa shape index (κ2) is 11.2. The van der Waals surface area contributed by atoms with Crippen molar-refractivity contribution >= 4 is 34.0 Å². The zero-order valence-corrected chi connectivity index (χ0v) is 19.4. The predicted octanol–water partition coefficient (Wildman–Crippen LogP) is 3.14. The molecule has 4 rings (SSSR count). The van der Waals surface area contributed by atoms with Gasteiger partial charge >= 0.3 is 0 Å². The lowest BCUT2D eigenvalue weighted by Gasteiger charge is -2.34. The smallest absolute Gasteiger partial charge is 0.238 e. The van der Waals surface area contributed by atoms with E-state index in [-0.39, 0.29) is 5.91 Å². The van der Waals surface area contributed by atoms with Crippen molar-refractivity contribution in [2.75, 3.05) is 63.6 Å². The fourth-order valence-electron chi connectivity index (χ4n) is 4.03. The first-order valence-electron chi connectivity index (χ1n) is 11.5. The van der Waals surface area contributed by atoms with Crippen LogP contribution in [0.3, 0.4) is 0 Å². The third-order valence-electron chi connectivity index (χ3n) is 5.96. The maximum atomic E-state index is 12.7. The Morgan fingerprint density at radius 1 is 1.03 bits per heavy atom. The van der Waals surface area contributed by atoms with E-state index in [0.29, 0.717) is 6.54 Å². The SMILES string of the molecule is CCc1cccc(Nc2ncnc3ccc(NC(=O)CN4CCN(CCOC)CC4)cc23)c1. The highest BCUT2D eigenvalue weighted by Gasteiger charge is 2.19. The summed E-state index contributed by atoms with van der Waals surface area (Å²) >= 11 is 0. The van der Waals surface area contributed by atoms with E-state index < -0.39 is 0 Å². The van der Waals surface area contributed by atoms with Gasteiger partial charge in [-0.1, -0.05) is 19.1 Å². The van der Waals surface area contributed by atoms with Crippen LogP contribution in [0.2, 0.25) is 0 Å². The highest BCUT2D eigenvalue weighted by molar-refractivity contribution is 5.97. The first kappa shape index (κ1) is 23.1. The number of hydrogen-bond donors (Lipinski definition) is 2. The molecule has 2 aromatic carbocycles. The maximum Gasteiger partial charge on any atom is 0.238 e. The van der Waals surface area contributed by atoms with Gasteiger partial charge in [0.2, 0.25) is 5.91 Å². The van der Waals surface area contributed by atoms with Gasteiger partial charge in [-0.3, -0.25) is 14.6 Å². The summed E-state index contributed by atoms with van der Waals surface area (Å²) in [6.07, 6.45) is 2.53. The number of anilines is 3. The van der Waals surface area contributed by atoms with Crippen molar-refractivity contribution in [2.24, 2.45) is 0 Å². The van der Waals surface area contributed by atoms with E-state index >= 15 is 0 Å². The van der Waals surface area contributed by atoms with E-state index in [0.717, 1.165) is 73.8 Å². The first-order chi connectivity index (χ1) is 16.1. The molecule has 0 radical (unpaired) electrons. The monoisotopic (exact) mass is 448 g/mol. The Labute approximate surface area is 195 Å². The van der Waals surface area contributed by atoms with Crippen molar-refractivity contribution in [1.82, 2.24) is 19.8 Å². The highest BCUT2D eigenvalue weighted by Crippen LogP contribution is 2.26. The van der Waals surface area contributed by atoms with Crippen molar-refractivity contribution in [1.29, 1.82) is 0 Å². The molecule has 8 nitrogen and oxygen atoms in total. The largest absolute Gasteiger partial charge is 0.383 e. The highest BCUT2D eigenvalue weighted by atomic mass is 16.5. The van der Waals surface area contributed by atoms with Crippen molar-refractivity contribution in [2.45, 2.75) is 13.3 Å². The number of nitrogens with one attached hydrogen (secondary N) is 2. The van der Waals surface area contributed by atoms with Crippen molar-refractivity contribution in [3.8, 4) is 0 Å². The van der Waals surface area contributed by atoms with Crippen molar-refractivity contribution < 1.29 is 9.53 Å². The summed E-state index contributed by atoms with van der Waals surface area (Å²) in [4.78, 5) is 26.1. The fraction of sp³-hybridized carbons (Fsp3) is 0.400. The predicted molar refractivity (Wildman–Crippen MR) is 132 cm³/mol. The van der Waals surface area contributed by atoms with E-state index in [1.54, 1.807) is 13.4 Å². The molecule has 3 aromatic rings. The topological polar surface area (TPSA) is 82.6 Å². The summed E-state index contributed by atoms with van der Waals surface area (Å²) in [5, 5.41) is 7.30. The normalized spacial score (nSPS) is 15.0. The summed E-state index contributed by atoms with van der Waals surface area (Å²) in [7, 11) is 1.72. The number of nitrogens with zero attached hydrogens (tertiary/aromatic N) is 4. The molecule has 2 heterocycles. The average Bonchev–Trinajstić information content (AvgIpc) is 2.84. The standard InChI is InChI=1S/C25H32N6O2/c1-3-19-5-4-6-20(15-19)29-25-22-16-21(7-8-23(22)26-18-27-25)28-24(32)17-31-11-9-30(10-12-31)13-14-33-2/h4-8,15-16,18H,3,9-14,17H2,1-2H3,(H,28,32)(H,26,27,29). The second-order valence-electron chi connectivity index (χ2n) is 8.29. The molecule has 1 fully saturated rings. The molecule has 1 amide bonds. The van der Waals surface area contributed by atoms with Crippen LogP contribution in [0.4, 0.5) is 17.2 Å². The van der Waals surface area contributed by atoms with E-state index in [1.807, 2.05) is 30.3 Å². The summed E-state index contributed by atoms with van der Waals surface area (Å²) in [5.74, 6) is 0.707. The van der Waals surface area contributed by atoms with Gasteiger partial charge < -0.3 is 15.4 Å². The number of benzene rings is 2.